The number of hydrogen-bond acceptors (Lipinski definition) is 3. The molecule has 1 heterocycles. The lowest BCUT2D eigenvalue weighted by atomic mass is 10.2. The van der Waals surface area contributed by atoms with E-state index in [0.717, 1.165) is 21.8 Å². The van der Waals surface area contributed by atoms with Crippen molar-refractivity contribution < 1.29 is 4.79 Å². The highest BCUT2D eigenvalue weighted by molar-refractivity contribution is 7.17. The molecule has 3 nitrogen and oxygen atoms in total. The summed E-state index contributed by atoms with van der Waals surface area (Å²) in [4.78, 5) is 20.6. The number of thiazole rings is 1. The normalized spacial score (nSPS) is 10.7. The van der Waals surface area contributed by atoms with Gasteiger partial charge in [-0.3, -0.25) is 4.79 Å². The topological polar surface area (TPSA) is 33.2 Å². The Hall–Kier alpha value is -2.95. The Morgan fingerprint density at radius 2 is 1.55 bits per heavy atom. The molecule has 0 spiro atoms. The van der Waals surface area contributed by atoms with E-state index in [9.17, 15) is 4.79 Å². The second-order valence-electron chi connectivity index (χ2n) is 6.63. The maximum Gasteiger partial charge on any atom is 0.270 e. The van der Waals surface area contributed by atoms with Crippen LogP contribution >= 0.6 is 22.9 Å². The van der Waals surface area contributed by atoms with Crippen LogP contribution in [0.4, 0.5) is 5.69 Å². The van der Waals surface area contributed by atoms with E-state index in [4.69, 9.17) is 11.6 Å². The van der Waals surface area contributed by atoms with Gasteiger partial charge in [-0.1, -0.05) is 78.3 Å². The molecule has 4 rings (SSSR count). The van der Waals surface area contributed by atoms with E-state index in [2.05, 4.69) is 4.98 Å². The molecule has 0 radical (unpaired) electrons. The molecule has 3 aromatic carbocycles. The fourth-order valence-corrected chi connectivity index (χ4v) is 4.46. The van der Waals surface area contributed by atoms with E-state index in [0.29, 0.717) is 22.1 Å². The molecule has 29 heavy (non-hydrogen) atoms. The zero-order valence-corrected chi connectivity index (χ0v) is 17.5. The molecule has 0 unspecified atom stereocenters. The Labute approximate surface area is 179 Å². The molecular formula is C24H19ClN2OS. The number of aromatic nitrogens is 1. The first-order valence-corrected chi connectivity index (χ1v) is 10.5. The van der Waals surface area contributed by atoms with Gasteiger partial charge in [-0.05, 0) is 30.7 Å². The van der Waals surface area contributed by atoms with Gasteiger partial charge >= 0.3 is 0 Å². The van der Waals surface area contributed by atoms with Crippen molar-refractivity contribution in [3.8, 4) is 10.6 Å². The van der Waals surface area contributed by atoms with Crippen LogP contribution < -0.4 is 4.90 Å². The Morgan fingerprint density at radius 3 is 2.24 bits per heavy atom. The average molecular weight is 419 g/mol. The van der Waals surface area contributed by atoms with Crippen molar-refractivity contribution in [2.45, 2.75) is 13.5 Å². The van der Waals surface area contributed by atoms with Crippen LogP contribution in [-0.2, 0) is 6.54 Å². The standard InChI is InChI=1S/C24H19ClN2OS/c1-17-22(29-23(26-17)20-14-8-9-15-21(20)25)24(28)27(19-12-6-3-7-13-19)16-18-10-4-2-5-11-18/h2-15H,16H2,1H3. The predicted molar refractivity (Wildman–Crippen MR) is 121 cm³/mol. The van der Waals surface area contributed by atoms with E-state index in [1.807, 2.05) is 91.9 Å². The summed E-state index contributed by atoms with van der Waals surface area (Å²) >= 11 is 7.72. The lowest BCUT2D eigenvalue weighted by Gasteiger charge is -2.22. The minimum Gasteiger partial charge on any atom is -0.303 e. The molecular weight excluding hydrogens is 400 g/mol. The number of carbonyl (C=O) groups excluding carboxylic acids is 1. The summed E-state index contributed by atoms with van der Waals surface area (Å²) in [5, 5.41) is 1.38. The van der Waals surface area contributed by atoms with Gasteiger partial charge in [-0.2, -0.15) is 0 Å². The fourth-order valence-electron chi connectivity index (χ4n) is 3.12. The Balaban J connectivity index is 1.72. The zero-order chi connectivity index (χ0) is 20.2. The molecule has 0 bridgehead atoms. The second kappa shape index (κ2) is 8.60. The van der Waals surface area contributed by atoms with Gasteiger partial charge in [0.15, 0.2) is 0 Å². The van der Waals surface area contributed by atoms with Gasteiger partial charge in [0.05, 0.1) is 17.3 Å². The van der Waals surface area contributed by atoms with Crippen molar-refractivity contribution in [1.29, 1.82) is 0 Å². The zero-order valence-electron chi connectivity index (χ0n) is 15.9. The van der Waals surface area contributed by atoms with Crippen LogP contribution in [0.3, 0.4) is 0 Å². The first kappa shape index (κ1) is 19.4. The van der Waals surface area contributed by atoms with E-state index < -0.39 is 0 Å². The maximum atomic E-state index is 13.6. The summed E-state index contributed by atoms with van der Waals surface area (Å²) in [6, 6.07) is 27.3. The molecule has 0 aliphatic rings. The number of benzene rings is 3. The number of amides is 1. The summed E-state index contributed by atoms with van der Waals surface area (Å²) in [7, 11) is 0. The molecule has 0 saturated heterocycles. The molecule has 0 atom stereocenters. The van der Waals surface area contributed by atoms with Crippen LogP contribution in [0.5, 0.6) is 0 Å². The van der Waals surface area contributed by atoms with Gasteiger partial charge in [-0.15, -0.1) is 11.3 Å². The number of nitrogens with zero attached hydrogens (tertiary/aromatic N) is 2. The molecule has 0 N–H and O–H groups in total. The van der Waals surface area contributed by atoms with Gasteiger partial charge in [0.1, 0.15) is 9.88 Å². The SMILES string of the molecule is Cc1nc(-c2ccccc2Cl)sc1C(=O)N(Cc1ccccc1)c1ccccc1. The quantitative estimate of drug-likeness (QED) is 0.365. The Bertz CT molecular complexity index is 1130. The Kier molecular flexibility index (Phi) is 5.74. The van der Waals surface area contributed by atoms with Gasteiger partial charge in [-0.25, -0.2) is 4.98 Å². The van der Waals surface area contributed by atoms with Crippen molar-refractivity contribution in [1.82, 2.24) is 4.98 Å². The van der Waals surface area contributed by atoms with Gasteiger partial charge < -0.3 is 4.90 Å². The van der Waals surface area contributed by atoms with Crippen molar-refractivity contribution in [3.63, 3.8) is 0 Å². The first-order valence-electron chi connectivity index (χ1n) is 9.26. The third-order valence-electron chi connectivity index (χ3n) is 4.59. The highest BCUT2D eigenvalue weighted by Crippen LogP contribution is 2.34. The van der Waals surface area contributed by atoms with E-state index in [1.165, 1.54) is 11.3 Å². The summed E-state index contributed by atoms with van der Waals surface area (Å²) in [6.07, 6.45) is 0. The third-order valence-corrected chi connectivity index (χ3v) is 6.10. The van der Waals surface area contributed by atoms with Crippen LogP contribution in [-0.4, -0.2) is 10.9 Å². The number of hydrogen-bond donors (Lipinski definition) is 0. The molecule has 0 aliphatic heterocycles. The Morgan fingerprint density at radius 1 is 0.931 bits per heavy atom. The number of rotatable bonds is 5. The smallest absolute Gasteiger partial charge is 0.270 e. The highest BCUT2D eigenvalue weighted by Gasteiger charge is 2.24. The fraction of sp³-hybridized carbons (Fsp3) is 0.0833. The van der Waals surface area contributed by atoms with E-state index in [1.54, 1.807) is 4.90 Å². The number of anilines is 1. The average Bonchev–Trinajstić information content (AvgIpc) is 3.14. The summed E-state index contributed by atoms with van der Waals surface area (Å²) in [6.45, 7) is 2.36. The van der Waals surface area contributed by atoms with Crippen molar-refractivity contribution in [3.05, 3.63) is 106 Å². The number of carbonyl (C=O) groups is 1. The maximum absolute atomic E-state index is 13.6. The molecule has 144 valence electrons. The lowest BCUT2D eigenvalue weighted by molar-refractivity contribution is 0.0988. The van der Waals surface area contributed by atoms with Gasteiger partial charge in [0, 0.05) is 11.3 Å². The summed E-state index contributed by atoms with van der Waals surface area (Å²) in [5.41, 5.74) is 3.48. The van der Waals surface area contributed by atoms with Crippen LogP contribution in [0, 0.1) is 6.92 Å². The molecule has 0 fully saturated rings. The van der Waals surface area contributed by atoms with Crippen LogP contribution in [0.1, 0.15) is 20.9 Å². The highest BCUT2D eigenvalue weighted by atomic mass is 35.5. The number of halogens is 1. The molecule has 1 aromatic heterocycles. The van der Waals surface area contributed by atoms with E-state index >= 15 is 0 Å². The van der Waals surface area contributed by atoms with Gasteiger partial charge in [0.25, 0.3) is 5.91 Å². The monoisotopic (exact) mass is 418 g/mol. The molecule has 1 amide bonds. The molecule has 4 aromatic rings. The minimum absolute atomic E-state index is 0.0617. The van der Waals surface area contributed by atoms with Gasteiger partial charge in [0.2, 0.25) is 0 Å². The van der Waals surface area contributed by atoms with Crippen molar-refractivity contribution >= 4 is 34.5 Å². The molecule has 0 saturated carbocycles. The van der Waals surface area contributed by atoms with Crippen LogP contribution in [0.15, 0.2) is 84.9 Å². The van der Waals surface area contributed by atoms with Crippen LogP contribution in [0.25, 0.3) is 10.6 Å². The van der Waals surface area contributed by atoms with Crippen LogP contribution in [0.2, 0.25) is 5.02 Å². The lowest BCUT2D eigenvalue weighted by Crippen LogP contribution is -2.30. The van der Waals surface area contributed by atoms with E-state index in [-0.39, 0.29) is 5.91 Å². The molecule has 0 aliphatic carbocycles. The van der Waals surface area contributed by atoms with Crippen molar-refractivity contribution in [2.75, 3.05) is 4.90 Å². The second-order valence-corrected chi connectivity index (χ2v) is 8.03. The minimum atomic E-state index is -0.0617. The number of para-hydroxylation sites is 1. The summed E-state index contributed by atoms with van der Waals surface area (Å²) < 4.78 is 0. The summed E-state index contributed by atoms with van der Waals surface area (Å²) in [5.74, 6) is -0.0617. The largest absolute Gasteiger partial charge is 0.303 e. The van der Waals surface area contributed by atoms with Crippen molar-refractivity contribution in [2.24, 2.45) is 0 Å². The first-order chi connectivity index (χ1) is 14.1. The number of aryl methyl sites for hydroxylation is 1. The predicted octanol–water partition coefficient (Wildman–Crippen LogP) is 6.62. The third kappa shape index (κ3) is 4.24. The molecule has 5 heteroatoms.